The van der Waals surface area contributed by atoms with Gasteiger partial charge in [-0.25, -0.2) is 4.68 Å². The molecule has 1 aliphatic heterocycles. The molecule has 3 nitrogen and oxygen atoms in total. The van der Waals surface area contributed by atoms with Crippen molar-refractivity contribution in [2.24, 2.45) is 5.92 Å². The van der Waals surface area contributed by atoms with Crippen LogP contribution in [0.5, 0.6) is 0 Å². The molecule has 1 N–H and O–H groups in total. The molecule has 0 radical (unpaired) electrons. The highest BCUT2D eigenvalue weighted by atomic mass is 15.3. The monoisotopic (exact) mass is 311 g/mol. The van der Waals surface area contributed by atoms with Gasteiger partial charge in [-0.05, 0) is 49.1 Å². The van der Waals surface area contributed by atoms with Gasteiger partial charge in [-0.1, -0.05) is 45.9 Å². The molecule has 3 heteroatoms. The fourth-order valence-corrected chi connectivity index (χ4v) is 3.47. The summed E-state index contributed by atoms with van der Waals surface area (Å²) < 4.78 is 2.17. The van der Waals surface area contributed by atoms with Gasteiger partial charge in [0.2, 0.25) is 0 Å². The molecule has 0 saturated carbocycles. The fraction of sp³-hybridized carbons (Fsp3) is 0.550. The largest absolute Gasteiger partial charge is 0.370 e. The van der Waals surface area contributed by atoms with Crippen molar-refractivity contribution in [2.75, 3.05) is 11.9 Å². The van der Waals surface area contributed by atoms with E-state index in [0.29, 0.717) is 11.8 Å². The van der Waals surface area contributed by atoms with Gasteiger partial charge in [-0.2, -0.15) is 5.10 Å². The summed E-state index contributed by atoms with van der Waals surface area (Å²) in [5.74, 6) is 2.35. The Labute approximate surface area is 140 Å². The third-order valence-corrected chi connectivity index (χ3v) is 4.60. The minimum atomic E-state index is 0.491. The molecule has 0 unspecified atom stereocenters. The lowest BCUT2D eigenvalue weighted by molar-refractivity contribution is 0.621. The highest BCUT2D eigenvalue weighted by Gasteiger charge is 2.22. The zero-order chi connectivity index (χ0) is 16.4. The number of rotatable bonds is 4. The van der Waals surface area contributed by atoms with Gasteiger partial charge in [0.15, 0.2) is 0 Å². The van der Waals surface area contributed by atoms with Crippen LogP contribution in [0.15, 0.2) is 24.3 Å². The molecular formula is C20H29N3. The number of hydrogen-bond acceptors (Lipinski definition) is 2. The van der Waals surface area contributed by atoms with Crippen molar-refractivity contribution in [2.45, 2.75) is 59.3 Å². The molecule has 23 heavy (non-hydrogen) atoms. The molecule has 0 spiro atoms. The van der Waals surface area contributed by atoms with Gasteiger partial charge in [0.25, 0.3) is 0 Å². The van der Waals surface area contributed by atoms with E-state index >= 15 is 0 Å². The number of nitrogens with one attached hydrogen (secondary N) is 1. The molecule has 0 aliphatic carbocycles. The Bertz CT molecular complexity index is 668. The van der Waals surface area contributed by atoms with Crippen LogP contribution in [0.3, 0.4) is 0 Å². The molecule has 2 heterocycles. The second-order valence-corrected chi connectivity index (χ2v) is 7.38. The number of hydrogen-bond donors (Lipinski definition) is 1. The Hall–Kier alpha value is -1.77. The maximum atomic E-state index is 5.04. The van der Waals surface area contributed by atoms with Gasteiger partial charge >= 0.3 is 0 Å². The van der Waals surface area contributed by atoms with Crippen LogP contribution < -0.4 is 5.32 Å². The summed E-state index contributed by atoms with van der Waals surface area (Å²) in [7, 11) is 0. The first-order valence-electron chi connectivity index (χ1n) is 9.02. The van der Waals surface area contributed by atoms with Gasteiger partial charge < -0.3 is 5.32 Å². The number of fused-ring (bicyclic) bond motifs is 1. The fourth-order valence-electron chi connectivity index (χ4n) is 3.47. The van der Waals surface area contributed by atoms with E-state index in [1.165, 1.54) is 41.2 Å². The standard InChI is InChI=1S/C20H29N3/c1-14(2)13-18-17-10-7-8-12-21-20(17)23(22-18)19-11-6-5-9-16(19)15(3)4/h5-6,9,11,14-15,21H,7-8,10,12-13H2,1-4H3. The predicted molar refractivity (Wildman–Crippen MR) is 97.6 cm³/mol. The lowest BCUT2D eigenvalue weighted by Gasteiger charge is -2.15. The molecule has 1 aliphatic rings. The van der Waals surface area contributed by atoms with Crippen molar-refractivity contribution >= 4 is 5.82 Å². The molecule has 0 atom stereocenters. The molecule has 1 aromatic carbocycles. The highest BCUT2D eigenvalue weighted by molar-refractivity contribution is 5.56. The first-order valence-corrected chi connectivity index (χ1v) is 9.02. The summed E-state index contributed by atoms with van der Waals surface area (Å²) in [4.78, 5) is 0. The molecule has 0 fully saturated rings. The third kappa shape index (κ3) is 3.29. The quantitative estimate of drug-likeness (QED) is 0.866. The molecule has 0 bridgehead atoms. The molecule has 124 valence electrons. The van der Waals surface area contributed by atoms with E-state index in [4.69, 9.17) is 5.10 Å². The number of benzene rings is 1. The van der Waals surface area contributed by atoms with E-state index in [0.717, 1.165) is 19.4 Å². The Kier molecular flexibility index (Phi) is 4.74. The lowest BCUT2D eigenvalue weighted by Crippen LogP contribution is -2.09. The van der Waals surface area contributed by atoms with Gasteiger partial charge in [0.05, 0.1) is 11.4 Å². The number of aromatic nitrogens is 2. The van der Waals surface area contributed by atoms with E-state index in [1.807, 2.05) is 0 Å². The SMILES string of the molecule is CC(C)Cc1nn(-c2ccccc2C(C)C)c2c1CCCCN2. The summed E-state index contributed by atoms with van der Waals surface area (Å²) in [6.07, 6.45) is 4.69. The smallest absolute Gasteiger partial charge is 0.133 e. The molecule has 0 amide bonds. The summed E-state index contributed by atoms with van der Waals surface area (Å²) in [5.41, 5.74) is 5.31. The maximum absolute atomic E-state index is 5.04. The topological polar surface area (TPSA) is 29.9 Å². The zero-order valence-corrected chi connectivity index (χ0v) is 14.9. The van der Waals surface area contributed by atoms with Gasteiger partial charge in [-0.15, -0.1) is 0 Å². The Morgan fingerprint density at radius 2 is 1.91 bits per heavy atom. The average Bonchev–Trinajstić information content (AvgIpc) is 2.71. The highest BCUT2D eigenvalue weighted by Crippen LogP contribution is 2.32. The maximum Gasteiger partial charge on any atom is 0.133 e. The van der Waals surface area contributed by atoms with Crippen molar-refractivity contribution < 1.29 is 0 Å². The van der Waals surface area contributed by atoms with Crippen LogP contribution in [0, 0.1) is 5.92 Å². The molecular weight excluding hydrogens is 282 g/mol. The van der Waals surface area contributed by atoms with Crippen LogP contribution in [-0.2, 0) is 12.8 Å². The summed E-state index contributed by atoms with van der Waals surface area (Å²) in [6, 6.07) is 8.68. The first-order chi connectivity index (χ1) is 11.1. The minimum absolute atomic E-state index is 0.491. The Balaban J connectivity index is 2.14. The van der Waals surface area contributed by atoms with Crippen LogP contribution in [0.2, 0.25) is 0 Å². The second kappa shape index (κ2) is 6.77. The van der Waals surface area contributed by atoms with Crippen molar-refractivity contribution in [3.63, 3.8) is 0 Å². The number of anilines is 1. The van der Waals surface area contributed by atoms with Crippen LogP contribution in [0.1, 0.15) is 63.3 Å². The van der Waals surface area contributed by atoms with Gasteiger partial charge in [-0.3, -0.25) is 0 Å². The van der Waals surface area contributed by atoms with Crippen LogP contribution in [0.25, 0.3) is 5.69 Å². The molecule has 0 saturated heterocycles. The minimum Gasteiger partial charge on any atom is -0.370 e. The summed E-state index contributed by atoms with van der Waals surface area (Å²) >= 11 is 0. The Morgan fingerprint density at radius 1 is 1.13 bits per heavy atom. The Morgan fingerprint density at radius 3 is 2.65 bits per heavy atom. The van der Waals surface area contributed by atoms with Crippen molar-refractivity contribution in [1.82, 2.24) is 9.78 Å². The van der Waals surface area contributed by atoms with Gasteiger partial charge in [0.1, 0.15) is 5.82 Å². The van der Waals surface area contributed by atoms with E-state index < -0.39 is 0 Å². The normalized spacial score (nSPS) is 14.7. The van der Waals surface area contributed by atoms with Crippen molar-refractivity contribution in [3.05, 3.63) is 41.1 Å². The van der Waals surface area contributed by atoms with E-state index in [9.17, 15) is 0 Å². The third-order valence-electron chi connectivity index (χ3n) is 4.60. The van der Waals surface area contributed by atoms with Crippen LogP contribution in [-0.4, -0.2) is 16.3 Å². The van der Waals surface area contributed by atoms with Crippen LogP contribution >= 0.6 is 0 Å². The van der Waals surface area contributed by atoms with E-state index in [-0.39, 0.29) is 0 Å². The molecule has 1 aromatic heterocycles. The lowest BCUT2D eigenvalue weighted by atomic mass is 10.0. The van der Waals surface area contributed by atoms with E-state index in [2.05, 4.69) is 62.0 Å². The van der Waals surface area contributed by atoms with Crippen LogP contribution in [0.4, 0.5) is 5.82 Å². The van der Waals surface area contributed by atoms with E-state index in [1.54, 1.807) is 0 Å². The summed E-state index contributed by atoms with van der Waals surface area (Å²) in [5, 5.41) is 8.69. The number of nitrogens with zero attached hydrogens (tertiary/aromatic N) is 2. The predicted octanol–water partition coefficient (Wildman–Crippen LogP) is 4.94. The molecule has 3 rings (SSSR count). The van der Waals surface area contributed by atoms with Crippen molar-refractivity contribution in [3.8, 4) is 5.69 Å². The van der Waals surface area contributed by atoms with Gasteiger partial charge in [0, 0.05) is 12.1 Å². The summed E-state index contributed by atoms with van der Waals surface area (Å²) in [6.45, 7) is 10.1. The average molecular weight is 311 g/mol. The van der Waals surface area contributed by atoms with Crippen molar-refractivity contribution in [1.29, 1.82) is 0 Å². The second-order valence-electron chi connectivity index (χ2n) is 7.38. The zero-order valence-electron chi connectivity index (χ0n) is 14.9. The first kappa shape index (κ1) is 16.1. The number of para-hydroxylation sites is 1. The molecule has 2 aromatic rings.